The summed E-state index contributed by atoms with van der Waals surface area (Å²) in [5, 5.41) is 10.1. The number of rotatable bonds is 4. The van der Waals surface area contributed by atoms with E-state index in [1.165, 1.54) is 0 Å². The Morgan fingerprint density at radius 3 is 2.33 bits per heavy atom. The Morgan fingerprint density at radius 1 is 1.33 bits per heavy atom. The van der Waals surface area contributed by atoms with Crippen LogP contribution in [0.15, 0.2) is 30.3 Å². The van der Waals surface area contributed by atoms with Gasteiger partial charge in [0.15, 0.2) is 5.78 Å². The molecule has 0 heterocycles. The van der Waals surface area contributed by atoms with Crippen LogP contribution in [0, 0.1) is 5.92 Å². The largest absolute Gasteiger partial charge is 0.382 e. The van der Waals surface area contributed by atoms with Crippen LogP contribution >= 0.6 is 0 Å². The van der Waals surface area contributed by atoms with Gasteiger partial charge in [0.05, 0.1) is 0 Å². The van der Waals surface area contributed by atoms with E-state index in [0.29, 0.717) is 17.9 Å². The molecule has 1 rings (SSSR count). The lowest BCUT2D eigenvalue weighted by atomic mass is 9.87. The lowest BCUT2D eigenvalue weighted by Crippen LogP contribution is -2.36. The van der Waals surface area contributed by atoms with Crippen molar-refractivity contribution in [2.24, 2.45) is 5.92 Å². The minimum atomic E-state index is -1.25. The first-order valence-electron chi connectivity index (χ1n) is 5.25. The summed E-state index contributed by atoms with van der Waals surface area (Å²) in [6, 6.07) is 8.93. The molecule has 0 spiro atoms. The number of carbonyl (C=O) groups is 1. The van der Waals surface area contributed by atoms with Gasteiger partial charge >= 0.3 is 0 Å². The van der Waals surface area contributed by atoms with Crippen LogP contribution in [-0.4, -0.2) is 16.5 Å². The van der Waals surface area contributed by atoms with Crippen molar-refractivity contribution >= 4 is 5.78 Å². The van der Waals surface area contributed by atoms with E-state index in [0.717, 1.165) is 0 Å². The highest BCUT2D eigenvalue weighted by Gasteiger charge is 2.31. The predicted molar refractivity (Wildman–Crippen MR) is 60.9 cm³/mol. The maximum absolute atomic E-state index is 12.0. The maximum atomic E-state index is 12.0. The monoisotopic (exact) mass is 206 g/mol. The Balaban J connectivity index is 2.85. The molecule has 0 amide bonds. The molecule has 0 aromatic heterocycles. The van der Waals surface area contributed by atoms with Crippen LogP contribution < -0.4 is 0 Å². The number of aliphatic hydroxyl groups is 1. The van der Waals surface area contributed by atoms with E-state index in [9.17, 15) is 9.90 Å². The fraction of sp³-hybridized carbons (Fsp3) is 0.462. The van der Waals surface area contributed by atoms with Crippen molar-refractivity contribution in [3.8, 4) is 0 Å². The first kappa shape index (κ1) is 11.9. The van der Waals surface area contributed by atoms with Gasteiger partial charge in [-0.15, -0.1) is 0 Å². The number of benzene rings is 1. The molecule has 0 saturated heterocycles. The zero-order valence-corrected chi connectivity index (χ0v) is 9.53. The van der Waals surface area contributed by atoms with Gasteiger partial charge in [-0.2, -0.15) is 0 Å². The summed E-state index contributed by atoms with van der Waals surface area (Å²) in [5.41, 5.74) is -0.682. The summed E-state index contributed by atoms with van der Waals surface area (Å²) in [6.45, 7) is 5.57. The van der Waals surface area contributed by atoms with E-state index in [4.69, 9.17) is 0 Å². The van der Waals surface area contributed by atoms with Gasteiger partial charge in [-0.25, -0.2) is 0 Å². The summed E-state index contributed by atoms with van der Waals surface area (Å²) in [6.07, 6.45) is 0.487. The van der Waals surface area contributed by atoms with Crippen molar-refractivity contribution in [1.82, 2.24) is 0 Å². The molecule has 0 aliphatic heterocycles. The Kier molecular flexibility index (Phi) is 3.64. The second-order valence-corrected chi connectivity index (χ2v) is 4.57. The van der Waals surface area contributed by atoms with E-state index < -0.39 is 5.60 Å². The number of Topliss-reactive ketones (excluding diaryl/α,β-unsaturated/α-hetero) is 1. The molecule has 0 saturated carbocycles. The average molecular weight is 206 g/mol. The van der Waals surface area contributed by atoms with E-state index in [2.05, 4.69) is 0 Å². The van der Waals surface area contributed by atoms with Gasteiger partial charge in [-0.05, 0) is 19.3 Å². The molecule has 0 fully saturated rings. The minimum absolute atomic E-state index is 0.197. The first-order valence-corrected chi connectivity index (χ1v) is 5.25. The quantitative estimate of drug-likeness (QED) is 0.769. The van der Waals surface area contributed by atoms with Crippen molar-refractivity contribution in [2.45, 2.75) is 32.8 Å². The highest BCUT2D eigenvalue weighted by molar-refractivity contribution is 6.01. The zero-order valence-electron chi connectivity index (χ0n) is 9.53. The van der Waals surface area contributed by atoms with Crippen LogP contribution in [0.3, 0.4) is 0 Å². The molecule has 2 nitrogen and oxygen atoms in total. The number of hydrogen-bond acceptors (Lipinski definition) is 2. The summed E-state index contributed by atoms with van der Waals surface area (Å²) < 4.78 is 0. The van der Waals surface area contributed by atoms with Crippen LogP contribution in [0.1, 0.15) is 37.6 Å². The molecule has 0 radical (unpaired) electrons. The first-order chi connectivity index (χ1) is 6.93. The molecule has 0 aliphatic rings. The van der Waals surface area contributed by atoms with Crippen LogP contribution in [0.5, 0.6) is 0 Å². The predicted octanol–water partition coefficient (Wildman–Crippen LogP) is 2.67. The molecule has 1 unspecified atom stereocenters. The Bertz CT molecular complexity index is 326. The molecule has 1 aromatic rings. The lowest BCUT2D eigenvalue weighted by molar-refractivity contribution is 0.0308. The van der Waals surface area contributed by atoms with Crippen molar-refractivity contribution in [3.63, 3.8) is 0 Å². The van der Waals surface area contributed by atoms with Crippen LogP contribution in [0.25, 0.3) is 0 Å². The third-order valence-corrected chi connectivity index (χ3v) is 2.33. The fourth-order valence-electron chi connectivity index (χ4n) is 1.79. The summed E-state index contributed by atoms with van der Waals surface area (Å²) in [5.74, 6) is 0.101. The van der Waals surface area contributed by atoms with Gasteiger partial charge in [0.1, 0.15) is 5.60 Å². The zero-order chi connectivity index (χ0) is 11.5. The molecule has 82 valence electrons. The number of hydrogen-bond donors (Lipinski definition) is 1. The van der Waals surface area contributed by atoms with Crippen molar-refractivity contribution in [2.75, 3.05) is 0 Å². The highest BCUT2D eigenvalue weighted by Crippen LogP contribution is 2.21. The third-order valence-electron chi connectivity index (χ3n) is 2.33. The highest BCUT2D eigenvalue weighted by atomic mass is 16.3. The van der Waals surface area contributed by atoms with Crippen molar-refractivity contribution in [1.29, 1.82) is 0 Å². The van der Waals surface area contributed by atoms with E-state index >= 15 is 0 Å². The van der Waals surface area contributed by atoms with Gasteiger partial charge in [-0.1, -0.05) is 44.2 Å². The van der Waals surface area contributed by atoms with Crippen LogP contribution in [0.4, 0.5) is 0 Å². The fourth-order valence-corrected chi connectivity index (χ4v) is 1.79. The summed E-state index contributed by atoms with van der Waals surface area (Å²) in [4.78, 5) is 12.0. The Labute approximate surface area is 90.9 Å². The van der Waals surface area contributed by atoms with Crippen LogP contribution in [0.2, 0.25) is 0 Å². The van der Waals surface area contributed by atoms with Gasteiger partial charge in [0, 0.05) is 5.56 Å². The van der Waals surface area contributed by atoms with Gasteiger partial charge in [-0.3, -0.25) is 4.79 Å². The Hall–Kier alpha value is -1.15. The smallest absolute Gasteiger partial charge is 0.194 e. The second-order valence-electron chi connectivity index (χ2n) is 4.57. The molecule has 0 bridgehead atoms. The number of carbonyl (C=O) groups excluding carboxylic acids is 1. The molecular formula is C13H18O2. The Morgan fingerprint density at radius 2 is 1.87 bits per heavy atom. The van der Waals surface area contributed by atoms with Crippen molar-refractivity contribution in [3.05, 3.63) is 35.9 Å². The minimum Gasteiger partial charge on any atom is -0.382 e. The molecule has 1 aromatic carbocycles. The summed E-state index contributed by atoms with van der Waals surface area (Å²) in [7, 11) is 0. The lowest BCUT2D eigenvalue weighted by Gasteiger charge is -2.23. The maximum Gasteiger partial charge on any atom is 0.194 e. The third kappa shape index (κ3) is 3.17. The molecule has 2 heteroatoms. The van der Waals surface area contributed by atoms with E-state index in [-0.39, 0.29) is 5.78 Å². The van der Waals surface area contributed by atoms with Gasteiger partial charge in [0.25, 0.3) is 0 Å². The molecular weight excluding hydrogens is 188 g/mol. The molecule has 1 atom stereocenters. The van der Waals surface area contributed by atoms with Crippen molar-refractivity contribution < 1.29 is 9.90 Å². The van der Waals surface area contributed by atoms with Gasteiger partial charge in [0.2, 0.25) is 0 Å². The topological polar surface area (TPSA) is 37.3 Å². The molecule has 1 N–H and O–H groups in total. The SMILES string of the molecule is CC(C)CC(C)(O)C(=O)c1ccccc1. The van der Waals surface area contributed by atoms with E-state index in [1.807, 2.05) is 19.9 Å². The number of ketones is 1. The van der Waals surface area contributed by atoms with Gasteiger partial charge < -0.3 is 5.11 Å². The van der Waals surface area contributed by atoms with Crippen LogP contribution in [-0.2, 0) is 0 Å². The summed E-state index contributed by atoms with van der Waals surface area (Å²) >= 11 is 0. The standard InChI is InChI=1S/C13H18O2/c1-10(2)9-13(3,15)12(14)11-7-5-4-6-8-11/h4-8,10,15H,9H2,1-3H3. The second kappa shape index (κ2) is 4.58. The average Bonchev–Trinajstić information content (AvgIpc) is 2.16. The van der Waals surface area contributed by atoms with E-state index in [1.54, 1.807) is 31.2 Å². The molecule has 15 heavy (non-hydrogen) atoms. The molecule has 0 aliphatic carbocycles. The normalized spacial score (nSPS) is 15.0.